The predicted octanol–water partition coefficient (Wildman–Crippen LogP) is 3.53. The van der Waals surface area contributed by atoms with Gasteiger partial charge < -0.3 is 9.84 Å². The van der Waals surface area contributed by atoms with E-state index in [-0.39, 0.29) is 11.8 Å². The van der Waals surface area contributed by atoms with Crippen LogP contribution in [0.25, 0.3) is 0 Å². The van der Waals surface area contributed by atoms with Crippen molar-refractivity contribution in [2.45, 2.75) is 18.9 Å². The molecule has 104 valence electrons. The Hall–Kier alpha value is -1.14. The Labute approximate surface area is 132 Å². The number of aliphatic hydroxyl groups excluding tert-OH is 1. The van der Waals surface area contributed by atoms with E-state index in [0.29, 0.717) is 6.61 Å². The molecule has 0 saturated heterocycles. The molecule has 0 radical (unpaired) electrons. The molecule has 2 aromatic rings. The van der Waals surface area contributed by atoms with Crippen molar-refractivity contribution in [3.05, 3.63) is 57.4 Å². The molecule has 2 unspecified atom stereocenters. The SMILES string of the molecule is CC(c1ccccn1)[C@@H]1COc2cc(I)ccc2C1O. The van der Waals surface area contributed by atoms with Gasteiger partial charge in [0.25, 0.3) is 0 Å². The largest absolute Gasteiger partial charge is 0.493 e. The fraction of sp³-hybridized carbons (Fsp3) is 0.312. The maximum atomic E-state index is 10.6. The van der Waals surface area contributed by atoms with Crippen molar-refractivity contribution in [2.75, 3.05) is 6.61 Å². The second-order valence-electron chi connectivity index (χ2n) is 5.15. The highest BCUT2D eigenvalue weighted by Crippen LogP contribution is 2.41. The molecule has 1 aromatic heterocycles. The number of aliphatic hydroxyl groups is 1. The van der Waals surface area contributed by atoms with Crippen molar-refractivity contribution in [3.63, 3.8) is 0 Å². The summed E-state index contributed by atoms with van der Waals surface area (Å²) >= 11 is 2.25. The molecule has 0 aliphatic carbocycles. The van der Waals surface area contributed by atoms with Crippen LogP contribution in [0.4, 0.5) is 0 Å². The average Bonchev–Trinajstić information content (AvgIpc) is 2.48. The monoisotopic (exact) mass is 381 g/mol. The van der Waals surface area contributed by atoms with Gasteiger partial charge in [0.15, 0.2) is 0 Å². The highest BCUT2D eigenvalue weighted by molar-refractivity contribution is 14.1. The summed E-state index contributed by atoms with van der Waals surface area (Å²) in [6.07, 6.45) is 1.28. The molecule has 3 rings (SSSR count). The topological polar surface area (TPSA) is 42.4 Å². The molecule has 0 saturated carbocycles. The summed E-state index contributed by atoms with van der Waals surface area (Å²) < 4.78 is 6.95. The number of halogens is 1. The Balaban J connectivity index is 1.88. The van der Waals surface area contributed by atoms with Gasteiger partial charge in [0.05, 0.1) is 12.7 Å². The van der Waals surface area contributed by atoms with Crippen LogP contribution < -0.4 is 4.74 Å². The molecule has 1 aliphatic heterocycles. The molecule has 0 amide bonds. The van der Waals surface area contributed by atoms with Gasteiger partial charge >= 0.3 is 0 Å². The number of rotatable bonds is 2. The highest BCUT2D eigenvalue weighted by atomic mass is 127. The third-order valence-electron chi connectivity index (χ3n) is 3.93. The van der Waals surface area contributed by atoms with E-state index in [2.05, 4.69) is 34.5 Å². The van der Waals surface area contributed by atoms with Crippen LogP contribution in [0.3, 0.4) is 0 Å². The maximum Gasteiger partial charge on any atom is 0.126 e. The minimum atomic E-state index is -0.507. The summed E-state index contributed by atoms with van der Waals surface area (Å²) in [4.78, 5) is 4.39. The smallest absolute Gasteiger partial charge is 0.126 e. The van der Waals surface area contributed by atoms with Gasteiger partial charge in [-0.15, -0.1) is 0 Å². The molecular formula is C16H16INO2. The molecule has 1 aromatic carbocycles. The van der Waals surface area contributed by atoms with Gasteiger partial charge in [0.1, 0.15) is 5.75 Å². The summed E-state index contributed by atoms with van der Waals surface area (Å²) in [5, 5.41) is 10.6. The highest BCUT2D eigenvalue weighted by Gasteiger charge is 2.34. The molecular weight excluding hydrogens is 365 g/mol. The third-order valence-corrected chi connectivity index (χ3v) is 4.60. The summed E-state index contributed by atoms with van der Waals surface area (Å²) in [7, 11) is 0. The van der Waals surface area contributed by atoms with Crippen molar-refractivity contribution < 1.29 is 9.84 Å². The van der Waals surface area contributed by atoms with E-state index in [1.54, 1.807) is 6.20 Å². The minimum absolute atomic E-state index is 0.0254. The molecule has 0 fully saturated rings. The number of pyridine rings is 1. The van der Waals surface area contributed by atoms with Crippen LogP contribution in [0.2, 0.25) is 0 Å². The molecule has 1 N–H and O–H groups in total. The number of hydrogen-bond donors (Lipinski definition) is 1. The maximum absolute atomic E-state index is 10.6. The van der Waals surface area contributed by atoms with Crippen molar-refractivity contribution in [3.8, 4) is 5.75 Å². The van der Waals surface area contributed by atoms with E-state index in [1.807, 2.05) is 36.4 Å². The first kappa shape index (κ1) is 13.8. The minimum Gasteiger partial charge on any atom is -0.493 e. The van der Waals surface area contributed by atoms with Crippen LogP contribution >= 0.6 is 22.6 Å². The van der Waals surface area contributed by atoms with E-state index in [1.165, 1.54) is 0 Å². The Morgan fingerprint density at radius 2 is 2.20 bits per heavy atom. The van der Waals surface area contributed by atoms with Crippen molar-refractivity contribution in [2.24, 2.45) is 5.92 Å². The van der Waals surface area contributed by atoms with Crippen LogP contribution in [-0.2, 0) is 0 Å². The molecule has 1 aliphatic rings. The lowest BCUT2D eigenvalue weighted by molar-refractivity contribution is 0.0378. The predicted molar refractivity (Wildman–Crippen MR) is 85.8 cm³/mol. The third kappa shape index (κ3) is 2.54. The molecule has 20 heavy (non-hydrogen) atoms. The zero-order valence-electron chi connectivity index (χ0n) is 11.2. The van der Waals surface area contributed by atoms with Crippen LogP contribution in [0.5, 0.6) is 5.75 Å². The number of benzene rings is 1. The Morgan fingerprint density at radius 1 is 1.35 bits per heavy atom. The van der Waals surface area contributed by atoms with Gasteiger partial charge in [0, 0.05) is 32.9 Å². The van der Waals surface area contributed by atoms with Crippen molar-refractivity contribution >= 4 is 22.6 Å². The summed E-state index contributed by atoms with van der Waals surface area (Å²) in [5.41, 5.74) is 1.87. The van der Waals surface area contributed by atoms with Crippen LogP contribution in [0, 0.1) is 9.49 Å². The zero-order chi connectivity index (χ0) is 14.1. The van der Waals surface area contributed by atoms with E-state index < -0.39 is 6.10 Å². The second-order valence-corrected chi connectivity index (χ2v) is 6.39. The number of fused-ring (bicyclic) bond motifs is 1. The van der Waals surface area contributed by atoms with Crippen LogP contribution in [-0.4, -0.2) is 16.7 Å². The van der Waals surface area contributed by atoms with Crippen molar-refractivity contribution in [1.29, 1.82) is 0 Å². The van der Waals surface area contributed by atoms with Gasteiger partial charge in [0.2, 0.25) is 0 Å². The number of hydrogen-bond acceptors (Lipinski definition) is 3. The van der Waals surface area contributed by atoms with Crippen LogP contribution in [0.15, 0.2) is 42.6 Å². The number of aromatic nitrogens is 1. The van der Waals surface area contributed by atoms with Crippen LogP contribution in [0.1, 0.15) is 30.2 Å². The quantitative estimate of drug-likeness (QED) is 0.810. The molecule has 0 spiro atoms. The molecule has 3 atom stereocenters. The molecule has 2 heterocycles. The van der Waals surface area contributed by atoms with Gasteiger partial charge in [-0.05, 0) is 46.9 Å². The van der Waals surface area contributed by atoms with Crippen molar-refractivity contribution in [1.82, 2.24) is 4.98 Å². The van der Waals surface area contributed by atoms with Gasteiger partial charge in [-0.3, -0.25) is 4.98 Å². The Bertz CT molecular complexity index is 603. The second kappa shape index (κ2) is 5.69. The first-order chi connectivity index (χ1) is 9.66. The lowest BCUT2D eigenvalue weighted by Gasteiger charge is -2.34. The molecule has 3 nitrogen and oxygen atoms in total. The first-order valence-corrected chi connectivity index (χ1v) is 7.76. The van der Waals surface area contributed by atoms with Gasteiger partial charge in [-0.1, -0.05) is 19.1 Å². The Kier molecular flexibility index (Phi) is 3.94. The lowest BCUT2D eigenvalue weighted by Crippen LogP contribution is -2.30. The summed E-state index contributed by atoms with van der Waals surface area (Å²) in [6.45, 7) is 2.61. The number of nitrogens with zero attached hydrogens (tertiary/aromatic N) is 1. The normalized spacial score (nSPS) is 22.8. The number of ether oxygens (including phenoxy) is 1. The summed E-state index contributed by atoms with van der Waals surface area (Å²) in [6, 6.07) is 11.8. The first-order valence-electron chi connectivity index (χ1n) is 6.68. The van der Waals surface area contributed by atoms with E-state index in [4.69, 9.17) is 4.74 Å². The van der Waals surface area contributed by atoms with Gasteiger partial charge in [-0.25, -0.2) is 0 Å². The Morgan fingerprint density at radius 3 is 2.95 bits per heavy atom. The summed E-state index contributed by atoms with van der Waals surface area (Å²) in [5.74, 6) is 0.977. The van der Waals surface area contributed by atoms with E-state index >= 15 is 0 Å². The average molecular weight is 381 g/mol. The molecule has 4 heteroatoms. The van der Waals surface area contributed by atoms with E-state index in [0.717, 1.165) is 20.6 Å². The van der Waals surface area contributed by atoms with E-state index in [9.17, 15) is 5.11 Å². The fourth-order valence-corrected chi connectivity index (χ4v) is 3.13. The zero-order valence-corrected chi connectivity index (χ0v) is 13.3. The lowest BCUT2D eigenvalue weighted by atomic mass is 9.82. The fourth-order valence-electron chi connectivity index (χ4n) is 2.67. The standard InChI is InChI=1S/C16H16INO2/c1-10(14-4-2-3-7-18-14)13-9-20-15-8-11(17)5-6-12(15)16(13)19/h2-8,10,13,16,19H,9H2,1H3/t10?,13-,16?/m0/s1. The molecule has 0 bridgehead atoms. The van der Waals surface area contributed by atoms with Gasteiger partial charge in [-0.2, -0.15) is 0 Å².